The quantitative estimate of drug-likeness (QED) is 0.715. The van der Waals surface area contributed by atoms with Gasteiger partial charge in [0.15, 0.2) is 0 Å². The molecule has 0 atom stereocenters. The molecule has 1 aromatic heterocycles. The van der Waals surface area contributed by atoms with Crippen molar-refractivity contribution < 1.29 is 17.9 Å². The summed E-state index contributed by atoms with van der Waals surface area (Å²) in [7, 11) is -2.10. The van der Waals surface area contributed by atoms with Crippen LogP contribution in [0, 0.1) is 0 Å². The first-order chi connectivity index (χ1) is 12.4. The van der Waals surface area contributed by atoms with Crippen molar-refractivity contribution in [3.63, 3.8) is 0 Å². The number of nitrogens with one attached hydrogen (secondary N) is 1. The van der Waals surface area contributed by atoms with Crippen molar-refractivity contribution in [3.8, 4) is 5.75 Å². The van der Waals surface area contributed by atoms with E-state index in [2.05, 4.69) is 9.71 Å². The van der Waals surface area contributed by atoms with Crippen LogP contribution in [0.4, 0.5) is 0 Å². The van der Waals surface area contributed by atoms with E-state index in [1.807, 2.05) is 19.1 Å². The Labute approximate surface area is 154 Å². The molecule has 0 unspecified atom stereocenters. The molecular formula is C18H23N3O4S. The van der Waals surface area contributed by atoms with Crippen LogP contribution in [0.5, 0.6) is 5.75 Å². The lowest BCUT2D eigenvalue weighted by Gasteiger charge is -2.17. The van der Waals surface area contributed by atoms with Crippen LogP contribution in [-0.2, 0) is 21.2 Å². The maximum absolute atomic E-state index is 12.3. The number of hydrogen-bond donors (Lipinski definition) is 1. The molecule has 1 amide bonds. The number of sulfonamides is 1. The Morgan fingerprint density at radius 1 is 1.15 bits per heavy atom. The first kappa shape index (κ1) is 19.9. The number of nitrogens with zero attached hydrogens (tertiary/aromatic N) is 2. The lowest BCUT2D eigenvalue weighted by atomic mass is 10.2. The number of carbonyl (C=O) groups is 1. The fourth-order valence-corrected chi connectivity index (χ4v) is 3.20. The molecule has 140 valence electrons. The van der Waals surface area contributed by atoms with Gasteiger partial charge in [0.2, 0.25) is 15.9 Å². The number of aromatic nitrogens is 1. The molecule has 8 heteroatoms. The van der Waals surface area contributed by atoms with Gasteiger partial charge < -0.3 is 9.64 Å². The monoisotopic (exact) mass is 377 g/mol. The maximum atomic E-state index is 12.3. The van der Waals surface area contributed by atoms with Crippen LogP contribution >= 0.6 is 0 Å². The molecule has 1 aromatic carbocycles. The Morgan fingerprint density at radius 2 is 1.81 bits per heavy atom. The van der Waals surface area contributed by atoms with Gasteiger partial charge in [-0.1, -0.05) is 0 Å². The van der Waals surface area contributed by atoms with Crippen LogP contribution in [0.1, 0.15) is 12.5 Å². The van der Waals surface area contributed by atoms with E-state index < -0.39 is 10.0 Å². The summed E-state index contributed by atoms with van der Waals surface area (Å²) in [5.41, 5.74) is 1.06. The molecule has 2 aromatic rings. The van der Waals surface area contributed by atoms with E-state index in [1.54, 1.807) is 31.6 Å². The van der Waals surface area contributed by atoms with Gasteiger partial charge in [-0.3, -0.25) is 9.78 Å². The Morgan fingerprint density at radius 3 is 2.42 bits per heavy atom. The molecule has 0 aliphatic carbocycles. The fourth-order valence-electron chi connectivity index (χ4n) is 2.23. The third kappa shape index (κ3) is 5.82. The highest BCUT2D eigenvalue weighted by atomic mass is 32.2. The van der Waals surface area contributed by atoms with Gasteiger partial charge in [-0.05, 0) is 55.3 Å². The largest absolute Gasteiger partial charge is 0.494 e. The number of rotatable bonds is 9. The molecule has 26 heavy (non-hydrogen) atoms. The highest BCUT2D eigenvalue weighted by Crippen LogP contribution is 2.15. The molecule has 0 bridgehead atoms. The van der Waals surface area contributed by atoms with Crippen molar-refractivity contribution in [3.05, 3.63) is 54.4 Å². The van der Waals surface area contributed by atoms with Gasteiger partial charge in [0.25, 0.3) is 0 Å². The van der Waals surface area contributed by atoms with Crippen LogP contribution in [0.2, 0.25) is 0 Å². The van der Waals surface area contributed by atoms with E-state index in [9.17, 15) is 13.2 Å². The van der Waals surface area contributed by atoms with Crippen molar-refractivity contribution >= 4 is 15.9 Å². The second-order valence-electron chi connectivity index (χ2n) is 5.65. The standard InChI is InChI=1S/C18H23N3O4S/c1-3-25-16-4-6-17(7-5-16)26(23,24)20-14-18(22)21(2)13-10-15-8-11-19-12-9-15/h4-9,11-12,20H,3,10,13-14H2,1-2H3. The van der Waals surface area contributed by atoms with Gasteiger partial charge in [0.1, 0.15) is 5.75 Å². The minimum Gasteiger partial charge on any atom is -0.494 e. The van der Waals surface area contributed by atoms with E-state index in [0.29, 0.717) is 25.3 Å². The molecular weight excluding hydrogens is 354 g/mol. The minimum absolute atomic E-state index is 0.0909. The third-order valence-corrected chi connectivity index (χ3v) is 5.19. The van der Waals surface area contributed by atoms with Crippen LogP contribution in [0.15, 0.2) is 53.7 Å². The van der Waals surface area contributed by atoms with Gasteiger partial charge >= 0.3 is 0 Å². The average Bonchev–Trinajstić information content (AvgIpc) is 2.66. The highest BCUT2D eigenvalue weighted by molar-refractivity contribution is 7.89. The molecule has 0 fully saturated rings. The SMILES string of the molecule is CCOc1ccc(S(=O)(=O)NCC(=O)N(C)CCc2ccncc2)cc1. The Kier molecular flexibility index (Phi) is 7.11. The van der Waals surface area contributed by atoms with Crippen LogP contribution < -0.4 is 9.46 Å². The normalized spacial score (nSPS) is 11.2. The molecule has 0 spiro atoms. The topological polar surface area (TPSA) is 88.6 Å². The van der Waals surface area contributed by atoms with Crippen molar-refractivity contribution in [2.45, 2.75) is 18.2 Å². The molecule has 0 aliphatic heterocycles. The zero-order valence-corrected chi connectivity index (χ0v) is 15.7. The number of hydrogen-bond acceptors (Lipinski definition) is 5. The first-order valence-corrected chi connectivity index (χ1v) is 9.76. The maximum Gasteiger partial charge on any atom is 0.241 e. The van der Waals surface area contributed by atoms with E-state index in [0.717, 1.165) is 5.56 Å². The van der Waals surface area contributed by atoms with Crippen molar-refractivity contribution in [2.24, 2.45) is 0 Å². The van der Waals surface area contributed by atoms with Crippen LogP contribution in [0.3, 0.4) is 0 Å². The summed E-state index contributed by atoms with van der Waals surface area (Å²) >= 11 is 0. The smallest absolute Gasteiger partial charge is 0.241 e. The molecule has 1 N–H and O–H groups in total. The lowest BCUT2D eigenvalue weighted by molar-refractivity contribution is -0.128. The summed E-state index contributed by atoms with van der Waals surface area (Å²) in [6.45, 7) is 2.56. The van der Waals surface area contributed by atoms with Crippen molar-refractivity contribution in [2.75, 3.05) is 26.7 Å². The second kappa shape index (κ2) is 9.30. The van der Waals surface area contributed by atoms with Crippen LogP contribution in [0.25, 0.3) is 0 Å². The highest BCUT2D eigenvalue weighted by Gasteiger charge is 2.17. The zero-order valence-electron chi connectivity index (χ0n) is 14.9. The number of amides is 1. The second-order valence-corrected chi connectivity index (χ2v) is 7.42. The van der Waals surface area contributed by atoms with Gasteiger partial charge in [-0.15, -0.1) is 0 Å². The lowest BCUT2D eigenvalue weighted by Crippen LogP contribution is -2.38. The van der Waals surface area contributed by atoms with E-state index >= 15 is 0 Å². The summed E-state index contributed by atoms with van der Waals surface area (Å²) in [5, 5.41) is 0. The summed E-state index contributed by atoms with van der Waals surface area (Å²) in [6.07, 6.45) is 4.07. The number of carbonyl (C=O) groups excluding carboxylic acids is 1. The Bertz CT molecular complexity index is 808. The van der Waals surface area contributed by atoms with E-state index in [-0.39, 0.29) is 17.3 Å². The van der Waals surface area contributed by atoms with E-state index in [1.165, 1.54) is 17.0 Å². The number of ether oxygens (including phenoxy) is 1. The molecule has 0 aliphatic rings. The first-order valence-electron chi connectivity index (χ1n) is 8.28. The van der Waals surface area contributed by atoms with Crippen molar-refractivity contribution in [1.82, 2.24) is 14.6 Å². The Balaban J connectivity index is 1.86. The minimum atomic E-state index is -3.75. The molecule has 0 saturated heterocycles. The van der Waals surface area contributed by atoms with E-state index in [4.69, 9.17) is 4.74 Å². The van der Waals surface area contributed by atoms with Crippen LogP contribution in [-0.4, -0.2) is 51.0 Å². The average molecular weight is 377 g/mol. The van der Waals surface area contributed by atoms with Crippen molar-refractivity contribution in [1.29, 1.82) is 0 Å². The fraction of sp³-hybridized carbons (Fsp3) is 0.333. The summed E-state index contributed by atoms with van der Waals surface area (Å²) in [4.78, 5) is 17.7. The Hall–Kier alpha value is -2.45. The zero-order chi connectivity index (χ0) is 19.0. The molecule has 0 saturated carbocycles. The molecule has 1 heterocycles. The molecule has 7 nitrogen and oxygen atoms in total. The van der Waals surface area contributed by atoms with Gasteiger partial charge in [0, 0.05) is 26.0 Å². The van der Waals surface area contributed by atoms with Gasteiger partial charge in [-0.2, -0.15) is 0 Å². The summed E-state index contributed by atoms with van der Waals surface area (Å²) in [6, 6.07) is 9.83. The summed E-state index contributed by atoms with van der Waals surface area (Å²) in [5.74, 6) is 0.298. The predicted molar refractivity (Wildman–Crippen MR) is 98.4 cm³/mol. The van der Waals surface area contributed by atoms with Gasteiger partial charge in [0.05, 0.1) is 18.0 Å². The number of benzene rings is 1. The summed E-state index contributed by atoms with van der Waals surface area (Å²) < 4.78 is 32.2. The number of likely N-dealkylation sites (N-methyl/N-ethyl adjacent to an activating group) is 1. The molecule has 0 radical (unpaired) electrons. The van der Waals surface area contributed by atoms with Gasteiger partial charge in [-0.25, -0.2) is 13.1 Å². The number of pyridine rings is 1. The third-order valence-electron chi connectivity index (χ3n) is 3.77. The predicted octanol–water partition coefficient (Wildman–Crippen LogP) is 1.46. The molecule has 2 rings (SSSR count).